The van der Waals surface area contributed by atoms with Crippen LogP contribution in [0.4, 0.5) is 5.69 Å². The molecule has 0 fully saturated rings. The fourth-order valence-corrected chi connectivity index (χ4v) is 2.24. The van der Waals surface area contributed by atoms with Crippen LogP contribution in [0, 0.1) is 6.92 Å². The van der Waals surface area contributed by atoms with Crippen LogP contribution in [0.5, 0.6) is 5.75 Å². The molecule has 1 atom stereocenters. The number of hydrogen-bond donors (Lipinski definition) is 1. The lowest BCUT2D eigenvalue weighted by molar-refractivity contribution is -0.122. The van der Waals surface area contributed by atoms with Crippen LogP contribution in [-0.4, -0.2) is 12.0 Å². The van der Waals surface area contributed by atoms with E-state index in [0.717, 1.165) is 11.3 Å². The van der Waals surface area contributed by atoms with E-state index in [-0.39, 0.29) is 11.3 Å². The van der Waals surface area contributed by atoms with E-state index < -0.39 is 6.10 Å². The van der Waals surface area contributed by atoms with Crippen molar-refractivity contribution in [3.8, 4) is 5.75 Å². The zero-order valence-electron chi connectivity index (χ0n) is 14.5. The highest BCUT2D eigenvalue weighted by Gasteiger charge is 2.17. The largest absolute Gasteiger partial charge is 0.481 e. The normalized spacial score (nSPS) is 12.6. The number of anilines is 1. The zero-order chi connectivity index (χ0) is 17.0. The maximum Gasteiger partial charge on any atom is 0.265 e. The van der Waals surface area contributed by atoms with Gasteiger partial charge in [0.1, 0.15) is 5.75 Å². The summed E-state index contributed by atoms with van der Waals surface area (Å²) >= 11 is 0. The molecule has 0 aliphatic carbocycles. The van der Waals surface area contributed by atoms with Gasteiger partial charge in [0.25, 0.3) is 5.91 Å². The van der Waals surface area contributed by atoms with Crippen LogP contribution in [0.2, 0.25) is 0 Å². The molecule has 0 bridgehead atoms. The second-order valence-electron chi connectivity index (χ2n) is 6.84. The van der Waals surface area contributed by atoms with E-state index in [1.165, 1.54) is 5.56 Å². The predicted octanol–water partition coefficient (Wildman–Crippen LogP) is 4.70. The first-order valence-electron chi connectivity index (χ1n) is 7.91. The van der Waals surface area contributed by atoms with Crippen molar-refractivity contribution in [2.75, 3.05) is 5.32 Å². The van der Waals surface area contributed by atoms with Gasteiger partial charge in [0.05, 0.1) is 0 Å². The molecule has 0 spiro atoms. The minimum Gasteiger partial charge on any atom is -0.481 e. The molecule has 3 nitrogen and oxygen atoms in total. The molecular weight excluding hydrogens is 286 g/mol. The summed E-state index contributed by atoms with van der Waals surface area (Å²) < 4.78 is 5.74. The molecule has 1 N–H and O–H groups in total. The first-order valence-corrected chi connectivity index (χ1v) is 7.91. The number of amides is 1. The maximum absolute atomic E-state index is 12.3. The van der Waals surface area contributed by atoms with Crippen LogP contribution >= 0.6 is 0 Å². The molecule has 0 unspecified atom stereocenters. The van der Waals surface area contributed by atoms with Crippen LogP contribution in [0.15, 0.2) is 48.5 Å². The average molecular weight is 311 g/mol. The third-order valence-corrected chi connectivity index (χ3v) is 3.81. The Hall–Kier alpha value is -2.29. The minimum atomic E-state index is -0.560. The number of rotatable bonds is 4. The summed E-state index contributed by atoms with van der Waals surface area (Å²) in [6.45, 7) is 10.2. The van der Waals surface area contributed by atoms with Gasteiger partial charge < -0.3 is 10.1 Å². The Morgan fingerprint density at radius 2 is 1.65 bits per heavy atom. The average Bonchev–Trinajstić information content (AvgIpc) is 2.49. The molecule has 122 valence electrons. The molecule has 0 heterocycles. The van der Waals surface area contributed by atoms with Crippen LogP contribution in [0.3, 0.4) is 0 Å². The van der Waals surface area contributed by atoms with Gasteiger partial charge in [-0.25, -0.2) is 0 Å². The van der Waals surface area contributed by atoms with Crippen molar-refractivity contribution in [2.45, 2.75) is 46.1 Å². The van der Waals surface area contributed by atoms with Crippen LogP contribution in [0.1, 0.15) is 38.8 Å². The number of hydrogen-bond acceptors (Lipinski definition) is 2. The molecule has 23 heavy (non-hydrogen) atoms. The Balaban J connectivity index is 2.00. The number of para-hydroxylation sites is 1. The smallest absolute Gasteiger partial charge is 0.265 e. The number of carbonyl (C=O) groups excluding carboxylic acids is 1. The quantitative estimate of drug-likeness (QED) is 0.889. The molecule has 2 aromatic rings. The Kier molecular flexibility index (Phi) is 5.09. The summed E-state index contributed by atoms with van der Waals surface area (Å²) in [5.74, 6) is 0.546. The number of nitrogens with one attached hydrogen (secondary N) is 1. The Morgan fingerprint density at radius 1 is 1.04 bits per heavy atom. The van der Waals surface area contributed by atoms with Gasteiger partial charge in [-0.1, -0.05) is 51.1 Å². The molecule has 0 aliphatic heterocycles. The SMILES string of the molecule is Cc1ccccc1NC(=O)[C@@H](C)Oc1ccc(C(C)(C)C)cc1. The molecule has 0 saturated heterocycles. The van der Waals surface area contributed by atoms with Gasteiger partial charge in [-0.05, 0) is 48.6 Å². The van der Waals surface area contributed by atoms with Gasteiger partial charge in [0, 0.05) is 5.69 Å². The molecule has 1 amide bonds. The van der Waals surface area contributed by atoms with Crippen molar-refractivity contribution < 1.29 is 9.53 Å². The highest BCUT2D eigenvalue weighted by molar-refractivity contribution is 5.94. The van der Waals surface area contributed by atoms with E-state index in [0.29, 0.717) is 5.75 Å². The molecule has 2 rings (SSSR count). The van der Waals surface area contributed by atoms with Crippen molar-refractivity contribution >= 4 is 11.6 Å². The maximum atomic E-state index is 12.3. The van der Waals surface area contributed by atoms with Gasteiger partial charge in [-0.3, -0.25) is 4.79 Å². The predicted molar refractivity (Wildman–Crippen MR) is 95.0 cm³/mol. The molecule has 0 aliphatic rings. The summed E-state index contributed by atoms with van der Waals surface area (Å²) in [5.41, 5.74) is 3.19. The second-order valence-corrected chi connectivity index (χ2v) is 6.84. The van der Waals surface area contributed by atoms with Gasteiger partial charge in [-0.2, -0.15) is 0 Å². The third kappa shape index (κ3) is 4.59. The zero-order valence-corrected chi connectivity index (χ0v) is 14.5. The summed E-state index contributed by atoms with van der Waals surface area (Å²) in [5, 5.41) is 2.90. The van der Waals surface area contributed by atoms with E-state index in [2.05, 4.69) is 26.1 Å². The Morgan fingerprint density at radius 3 is 2.22 bits per heavy atom. The van der Waals surface area contributed by atoms with Crippen LogP contribution in [0.25, 0.3) is 0 Å². The van der Waals surface area contributed by atoms with Gasteiger partial charge in [0.15, 0.2) is 6.10 Å². The highest BCUT2D eigenvalue weighted by atomic mass is 16.5. The molecule has 2 aromatic carbocycles. The first kappa shape index (κ1) is 17.1. The van der Waals surface area contributed by atoms with Crippen molar-refractivity contribution in [2.24, 2.45) is 0 Å². The standard InChI is InChI=1S/C20H25NO2/c1-14-8-6-7-9-18(14)21-19(22)15(2)23-17-12-10-16(11-13-17)20(3,4)5/h6-13,15H,1-5H3,(H,21,22)/t15-/m1/s1. The van der Waals surface area contributed by atoms with Crippen LogP contribution in [-0.2, 0) is 10.2 Å². The number of benzene rings is 2. The van der Waals surface area contributed by atoms with Crippen molar-refractivity contribution in [3.05, 3.63) is 59.7 Å². The summed E-state index contributed by atoms with van der Waals surface area (Å²) in [4.78, 5) is 12.3. The van der Waals surface area contributed by atoms with E-state index in [1.807, 2.05) is 55.5 Å². The fourth-order valence-electron chi connectivity index (χ4n) is 2.24. The van der Waals surface area contributed by atoms with Crippen molar-refractivity contribution in [1.29, 1.82) is 0 Å². The van der Waals surface area contributed by atoms with E-state index >= 15 is 0 Å². The Labute approximate surface area is 138 Å². The number of carbonyl (C=O) groups is 1. The van der Waals surface area contributed by atoms with Gasteiger partial charge >= 0.3 is 0 Å². The molecule has 0 radical (unpaired) electrons. The van der Waals surface area contributed by atoms with E-state index in [9.17, 15) is 4.79 Å². The molecule has 0 saturated carbocycles. The highest BCUT2D eigenvalue weighted by Crippen LogP contribution is 2.24. The Bertz CT molecular complexity index is 669. The monoisotopic (exact) mass is 311 g/mol. The summed E-state index contributed by atoms with van der Waals surface area (Å²) in [6, 6.07) is 15.6. The van der Waals surface area contributed by atoms with E-state index in [1.54, 1.807) is 6.92 Å². The second kappa shape index (κ2) is 6.86. The van der Waals surface area contributed by atoms with Gasteiger partial charge in [0.2, 0.25) is 0 Å². The molecular formula is C20H25NO2. The lowest BCUT2D eigenvalue weighted by Crippen LogP contribution is -2.30. The first-order chi connectivity index (χ1) is 10.8. The number of ether oxygens (including phenoxy) is 1. The lowest BCUT2D eigenvalue weighted by atomic mass is 9.87. The van der Waals surface area contributed by atoms with Gasteiger partial charge in [-0.15, -0.1) is 0 Å². The summed E-state index contributed by atoms with van der Waals surface area (Å²) in [6.07, 6.45) is -0.560. The fraction of sp³-hybridized carbons (Fsp3) is 0.350. The summed E-state index contributed by atoms with van der Waals surface area (Å²) in [7, 11) is 0. The third-order valence-electron chi connectivity index (χ3n) is 3.81. The molecule has 0 aromatic heterocycles. The molecule has 3 heteroatoms. The lowest BCUT2D eigenvalue weighted by Gasteiger charge is -2.20. The van der Waals surface area contributed by atoms with Crippen molar-refractivity contribution in [1.82, 2.24) is 0 Å². The van der Waals surface area contributed by atoms with Crippen LogP contribution < -0.4 is 10.1 Å². The van der Waals surface area contributed by atoms with Crippen molar-refractivity contribution in [3.63, 3.8) is 0 Å². The van der Waals surface area contributed by atoms with E-state index in [4.69, 9.17) is 4.74 Å². The topological polar surface area (TPSA) is 38.3 Å². The number of aryl methyl sites for hydroxylation is 1. The minimum absolute atomic E-state index is 0.104.